The van der Waals surface area contributed by atoms with E-state index >= 15 is 8.78 Å². The minimum atomic E-state index is -6.24. The Morgan fingerprint density at radius 2 is 1.50 bits per heavy atom. The van der Waals surface area contributed by atoms with E-state index in [4.69, 9.17) is 5.14 Å². The van der Waals surface area contributed by atoms with E-state index in [9.17, 15) is 34.8 Å². The number of rotatable bonds is 4. The highest BCUT2D eigenvalue weighted by Crippen LogP contribution is 2.57. The molecule has 0 spiro atoms. The highest BCUT2D eigenvalue weighted by atomic mass is 32.2. The summed E-state index contributed by atoms with van der Waals surface area (Å²) in [6.07, 6.45) is -12.7. The van der Waals surface area contributed by atoms with Crippen LogP contribution >= 0.6 is 0 Å². The summed E-state index contributed by atoms with van der Waals surface area (Å²) in [4.78, 5) is -0.897. The number of ether oxygens (including phenoxy) is 1. The summed E-state index contributed by atoms with van der Waals surface area (Å²) < 4.78 is 141. The van der Waals surface area contributed by atoms with Crippen LogP contribution in [0.2, 0.25) is 0 Å². The van der Waals surface area contributed by atoms with Crippen molar-refractivity contribution in [2.75, 3.05) is 7.11 Å². The van der Waals surface area contributed by atoms with E-state index in [-0.39, 0.29) is 24.3 Å². The molecule has 1 aliphatic carbocycles. The van der Waals surface area contributed by atoms with Crippen LogP contribution in [-0.2, 0) is 14.8 Å². The Morgan fingerprint density at radius 1 is 0.912 bits per heavy atom. The molecule has 184 valence electrons. The SMILES string of the molecule is COC1(F)C(C(F)(F)F)=CC(c2c(-c3ccccc3)cccc2S(N)(=O)=O)=CC1(F)C(F)(F)F. The first kappa shape index (κ1) is 25.8. The van der Waals surface area contributed by atoms with Crippen molar-refractivity contribution in [3.63, 3.8) is 0 Å². The molecule has 2 atom stereocenters. The highest BCUT2D eigenvalue weighted by molar-refractivity contribution is 7.89. The van der Waals surface area contributed by atoms with Crippen molar-refractivity contribution in [2.45, 2.75) is 28.8 Å². The van der Waals surface area contributed by atoms with Crippen molar-refractivity contribution in [3.8, 4) is 11.1 Å². The molecule has 3 rings (SSSR count). The van der Waals surface area contributed by atoms with Crippen LogP contribution in [0, 0.1) is 0 Å². The molecule has 4 nitrogen and oxygen atoms in total. The fourth-order valence-electron chi connectivity index (χ4n) is 3.65. The summed E-state index contributed by atoms with van der Waals surface area (Å²) in [5, 5.41) is 5.15. The molecule has 0 saturated carbocycles. The predicted octanol–water partition coefficient (Wildman–Crippen LogP) is 5.47. The molecule has 0 heterocycles. The number of halogens is 8. The monoisotopic (exact) mass is 513 g/mol. The van der Waals surface area contributed by atoms with Crippen molar-refractivity contribution in [2.24, 2.45) is 5.14 Å². The van der Waals surface area contributed by atoms with E-state index in [2.05, 4.69) is 4.74 Å². The lowest BCUT2D eigenvalue weighted by Crippen LogP contribution is -2.61. The Balaban J connectivity index is 2.52. The van der Waals surface area contributed by atoms with Gasteiger partial charge in [0, 0.05) is 12.7 Å². The normalized spacial score (nSPS) is 23.9. The predicted molar refractivity (Wildman–Crippen MR) is 106 cm³/mol. The molecular weight excluding hydrogens is 498 g/mol. The number of allylic oxidation sites excluding steroid dienone is 2. The Kier molecular flexibility index (Phi) is 6.21. The van der Waals surface area contributed by atoms with Gasteiger partial charge in [0.2, 0.25) is 10.0 Å². The van der Waals surface area contributed by atoms with E-state index in [0.717, 1.165) is 12.1 Å². The van der Waals surface area contributed by atoms with Crippen LogP contribution in [0.4, 0.5) is 35.1 Å². The van der Waals surface area contributed by atoms with E-state index in [1.165, 1.54) is 30.3 Å². The molecular formula is C21H15F8NO3S. The summed E-state index contributed by atoms with van der Waals surface area (Å²) in [5.74, 6) is -5.02. The van der Waals surface area contributed by atoms with E-state index in [0.29, 0.717) is 0 Å². The van der Waals surface area contributed by atoms with Gasteiger partial charge in [-0.3, -0.25) is 0 Å². The summed E-state index contributed by atoms with van der Waals surface area (Å²) in [6, 6.07) is 10.4. The molecule has 0 aromatic heterocycles. The van der Waals surface area contributed by atoms with Gasteiger partial charge in [-0.1, -0.05) is 42.5 Å². The van der Waals surface area contributed by atoms with Crippen molar-refractivity contribution >= 4 is 15.6 Å². The lowest BCUT2D eigenvalue weighted by molar-refractivity contribution is -0.309. The van der Waals surface area contributed by atoms with Crippen LogP contribution in [0.1, 0.15) is 5.56 Å². The third-order valence-corrected chi connectivity index (χ3v) is 6.13. The Bertz CT molecular complexity index is 1270. The van der Waals surface area contributed by atoms with Crippen molar-refractivity contribution in [1.29, 1.82) is 0 Å². The van der Waals surface area contributed by atoms with Crippen LogP contribution in [-0.4, -0.2) is 39.4 Å². The van der Waals surface area contributed by atoms with Gasteiger partial charge in [0.25, 0.3) is 11.5 Å². The second-order valence-electron chi connectivity index (χ2n) is 7.25. The smallest absolute Gasteiger partial charge is 0.343 e. The molecule has 13 heteroatoms. The first-order chi connectivity index (χ1) is 15.5. The fraction of sp³-hybridized carbons (Fsp3) is 0.238. The van der Waals surface area contributed by atoms with Crippen LogP contribution in [0.25, 0.3) is 16.7 Å². The minimum absolute atomic E-state index is 0.122. The lowest BCUT2D eigenvalue weighted by Gasteiger charge is -2.42. The van der Waals surface area contributed by atoms with Crippen molar-refractivity contribution < 1.29 is 48.3 Å². The first-order valence-electron chi connectivity index (χ1n) is 9.21. The number of benzene rings is 2. The van der Waals surface area contributed by atoms with E-state index in [1.54, 1.807) is 6.07 Å². The third-order valence-electron chi connectivity index (χ3n) is 5.17. The summed E-state index contributed by atoms with van der Waals surface area (Å²) in [7, 11) is -4.61. The number of nitrogens with two attached hydrogens (primary N) is 1. The molecule has 0 bridgehead atoms. The van der Waals surface area contributed by atoms with Gasteiger partial charge in [0.1, 0.15) is 5.57 Å². The Morgan fingerprint density at radius 3 is 1.97 bits per heavy atom. The average molecular weight is 513 g/mol. The maximum Gasteiger partial charge on any atom is 0.432 e. The quantitative estimate of drug-likeness (QED) is 0.552. The molecule has 0 amide bonds. The van der Waals surface area contributed by atoms with Crippen LogP contribution in [0.15, 0.2) is 71.2 Å². The molecule has 0 fully saturated rings. The van der Waals surface area contributed by atoms with E-state index in [1.807, 2.05) is 0 Å². The Hall–Kier alpha value is -2.77. The highest BCUT2D eigenvalue weighted by Gasteiger charge is 2.75. The second-order valence-corrected chi connectivity index (χ2v) is 8.78. The lowest BCUT2D eigenvalue weighted by atomic mass is 9.78. The van der Waals surface area contributed by atoms with Crippen molar-refractivity contribution in [3.05, 3.63) is 71.8 Å². The number of alkyl halides is 8. The third kappa shape index (κ3) is 4.12. The number of methoxy groups -OCH3 is 1. The van der Waals surface area contributed by atoms with Gasteiger partial charge in [-0.15, -0.1) is 0 Å². The summed E-state index contributed by atoms with van der Waals surface area (Å²) >= 11 is 0. The van der Waals surface area contributed by atoms with Gasteiger partial charge < -0.3 is 4.74 Å². The van der Waals surface area contributed by atoms with Crippen LogP contribution < -0.4 is 5.14 Å². The zero-order valence-electron chi connectivity index (χ0n) is 17.0. The maximum absolute atomic E-state index is 15.4. The largest absolute Gasteiger partial charge is 0.432 e. The molecule has 34 heavy (non-hydrogen) atoms. The summed E-state index contributed by atoms with van der Waals surface area (Å²) in [5.41, 5.74) is -10.0. The summed E-state index contributed by atoms with van der Waals surface area (Å²) in [6.45, 7) is 0. The first-order valence-corrected chi connectivity index (χ1v) is 10.8. The number of hydrogen-bond acceptors (Lipinski definition) is 3. The van der Waals surface area contributed by atoms with Gasteiger partial charge in [0.05, 0.1) is 4.90 Å². The van der Waals surface area contributed by atoms with Crippen LogP contribution in [0.3, 0.4) is 0 Å². The standard InChI is InChI=1S/C21H15F8NO3S/c1-33-19(23)16(20(24,25)26)10-13(11-18(19,22)21(27,28)29)17-14(12-6-3-2-4-7-12)8-5-9-15(17)34(30,31)32/h2-11H,1H3,(H2,30,31,32). The maximum atomic E-state index is 15.4. The molecule has 0 radical (unpaired) electrons. The molecule has 2 aromatic rings. The molecule has 2 N–H and O–H groups in total. The zero-order chi connectivity index (χ0) is 25.7. The average Bonchev–Trinajstić information content (AvgIpc) is 2.73. The Labute approximate surface area is 188 Å². The van der Waals surface area contributed by atoms with Gasteiger partial charge in [0.15, 0.2) is 0 Å². The molecule has 1 aliphatic rings. The number of primary sulfonamides is 1. The molecule has 0 aliphatic heterocycles. The van der Waals surface area contributed by atoms with Gasteiger partial charge in [-0.2, -0.15) is 26.3 Å². The second kappa shape index (κ2) is 8.17. The number of hydrogen-bond donors (Lipinski definition) is 1. The molecule has 0 saturated heterocycles. The topological polar surface area (TPSA) is 69.4 Å². The minimum Gasteiger partial charge on any atom is -0.343 e. The van der Waals surface area contributed by atoms with Gasteiger partial charge >= 0.3 is 12.4 Å². The van der Waals surface area contributed by atoms with Crippen molar-refractivity contribution in [1.82, 2.24) is 0 Å². The molecule has 2 unspecified atom stereocenters. The fourth-order valence-corrected chi connectivity index (χ4v) is 4.43. The van der Waals surface area contributed by atoms with Gasteiger partial charge in [-0.25, -0.2) is 22.3 Å². The van der Waals surface area contributed by atoms with Gasteiger partial charge in [-0.05, 0) is 34.9 Å². The van der Waals surface area contributed by atoms with E-state index < -0.39 is 61.6 Å². The zero-order valence-corrected chi connectivity index (χ0v) is 17.8. The van der Waals surface area contributed by atoms with Crippen LogP contribution in [0.5, 0.6) is 0 Å². The molecule has 2 aromatic carbocycles. The number of sulfonamides is 1.